The van der Waals surface area contributed by atoms with Gasteiger partial charge in [0.25, 0.3) is 0 Å². The number of hydrogen-bond donors (Lipinski definition) is 0. The highest BCUT2D eigenvalue weighted by atomic mass is 32.1. The molecule has 1 aromatic rings. The summed E-state index contributed by atoms with van der Waals surface area (Å²) in [6, 6.07) is 0.590. The Labute approximate surface area is 113 Å². The Morgan fingerprint density at radius 1 is 1.44 bits per heavy atom. The number of aldehydes is 1. The van der Waals surface area contributed by atoms with Crippen molar-refractivity contribution in [1.82, 2.24) is 9.88 Å². The maximum Gasteiger partial charge on any atom is 0.186 e. The van der Waals surface area contributed by atoms with Crippen LogP contribution in [-0.2, 0) is 6.42 Å². The molecule has 1 saturated heterocycles. The van der Waals surface area contributed by atoms with E-state index in [1.807, 2.05) is 6.92 Å². The molecule has 2 heterocycles. The molecule has 1 aliphatic heterocycles. The van der Waals surface area contributed by atoms with Gasteiger partial charge < -0.3 is 4.90 Å². The first kappa shape index (κ1) is 13.5. The molecule has 0 amide bonds. The van der Waals surface area contributed by atoms with Crippen LogP contribution in [0.3, 0.4) is 0 Å². The number of piperazine rings is 1. The molecule has 4 nitrogen and oxygen atoms in total. The average molecular weight is 267 g/mol. The summed E-state index contributed by atoms with van der Waals surface area (Å²) < 4.78 is 0. The molecule has 0 bridgehead atoms. The minimum atomic E-state index is 0.590. The molecule has 100 valence electrons. The number of thiazole rings is 1. The fraction of sp³-hybridized carbons (Fsp3) is 0.692. The smallest absolute Gasteiger partial charge is 0.186 e. The SMILES string of the molecule is CCc1nc(N2CCN(C)C(CC)C2)sc1C=O. The van der Waals surface area contributed by atoms with Crippen molar-refractivity contribution in [3.05, 3.63) is 10.6 Å². The highest BCUT2D eigenvalue weighted by molar-refractivity contribution is 7.17. The average Bonchev–Trinajstić information content (AvgIpc) is 2.82. The zero-order valence-corrected chi connectivity index (χ0v) is 12.2. The third-order valence-electron chi connectivity index (χ3n) is 3.68. The van der Waals surface area contributed by atoms with Crippen LogP contribution in [0.15, 0.2) is 0 Å². The van der Waals surface area contributed by atoms with Gasteiger partial charge in [-0.25, -0.2) is 4.98 Å². The van der Waals surface area contributed by atoms with Crippen molar-refractivity contribution >= 4 is 22.8 Å². The quantitative estimate of drug-likeness (QED) is 0.782. The molecule has 1 fully saturated rings. The summed E-state index contributed by atoms with van der Waals surface area (Å²) in [5.74, 6) is 0. The number of aryl methyl sites for hydroxylation is 1. The number of hydrogen-bond acceptors (Lipinski definition) is 5. The molecule has 0 spiro atoms. The van der Waals surface area contributed by atoms with E-state index < -0.39 is 0 Å². The van der Waals surface area contributed by atoms with Gasteiger partial charge in [0.1, 0.15) is 0 Å². The lowest BCUT2D eigenvalue weighted by atomic mass is 10.1. The number of carbonyl (C=O) groups is 1. The van der Waals surface area contributed by atoms with E-state index in [0.717, 1.165) is 54.5 Å². The van der Waals surface area contributed by atoms with Gasteiger partial charge in [-0.2, -0.15) is 0 Å². The van der Waals surface area contributed by atoms with Gasteiger partial charge in [-0.3, -0.25) is 9.69 Å². The summed E-state index contributed by atoms with van der Waals surface area (Å²) in [5, 5.41) is 1.01. The molecule has 5 heteroatoms. The van der Waals surface area contributed by atoms with Crippen LogP contribution in [0.25, 0.3) is 0 Å². The molecule has 0 radical (unpaired) electrons. The Hall–Kier alpha value is -0.940. The third kappa shape index (κ3) is 2.57. The van der Waals surface area contributed by atoms with Crippen molar-refractivity contribution in [3.63, 3.8) is 0 Å². The molecule has 0 N–H and O–H groups in total. The Kier molecular flexibility index (Phi) is 4.35. The van der Waals surface area contributed by atoms with Crippen LogP contribution in [0.2, 0.25) is 0 Å². The van der Waals surface area contributed by atoms with Gasteiger partial charge in [0.15, 0.2) is 11.4 Å². The fourth-order valence-electron chi connectivity index (χ4n) is 2.39. The minimum Gasteiger partial charge on any atom is -0.345 e. The minimum absolute atomic E-state index is 0.590. The van der Waals surface area contributed by atoms with Gasteiger partial charge in [-0.1, -0.05) is 25.2 Å². The van der Waals surface area contributed by atoms with Crippen LogP contribution in [0.5, 0.6) is 0 Å². The first-order valence-corrected chi connectivity index (χ1v) is 7.41. The summed E-state index contributed by atoms with van der Waals surface area (Å²) in [4.78, 5) is 21.1. The van der Waals surface area contributed by atoms with E-state index in [4.69, 9.17) is 0 Å². The van der Waals surface area contributed by atoms with Crippen LogP contribution in [0.4, 0.5) is 5.13 Å². The fourth-order valence-corrected chi connectivity index (χ4v) is 3.40. The Morgan fingerprint density at radius 2 is 2.22 bits per heavy atom. The molecular weight excluding hydrogens is 246 g/mol. The highest BCUT2D eigenvalue weighted by Crippen LogP contribution is 2.27. The zero-order valence-electron chi connectivity index (χ0n) is 11.3. The lowest BCUT2D eigenvalue weighted by molar-refractivity contribution is 0.112. The Bertz CT molecular complexity index is 418. The second-order valence-electron chi connectivity index (χ2n) is 4.77. The lowest BCUT2D eigenvalue weighted by Gasteiger charge is -2.39. The van der Waals surface area contributed by atoms with Crippen molar-refractivity contribution in [2.45, 2.75) is 32.7 Å². The van der Waals surface area contributed by atoms with Crippen LogP contribution >= 0.6 is 11.3 Å². The van der Waals surface area contributed by atoms with E-state index >= 15 is 0 Å². The zero-order chi connectivity index (χ0) is 13.1. The third-order valence-corrected chi connectivity index (χ3v) is 4.76. The summed E-state index contributed by atoms with van der Waals surface area (Å²) in [5.41, 5.74) is 0.942. The van der Waals surface area contributed by atoms with Crippen LogP contribution in [0, 0.1) is 0 Å². The largest absolute Gasteiger partial charge is 0.345 e. The van der Waals surface area contributed by atoms with E-state index in [2.05, 4.69) is 28.8 Å². The van der Waals surface area contributed by atoms with E-state index in [-0.39, 0.29) is 0 Å². The van der Waals surface area contributed by atoms with Crippen molar-refractivity contribution in [2.75, 3.05) is 31.6 Å². The Morgan fingerprint density at radius 3 is 2.78 bits per heavy atom. The highest BCUT2D eigenvalue weighted by Gasteiger charge is 2.25. The molecule has 1 unspecified atom stereocenters. The molecule has 1 aliphatic rings. The van der Waals surface area contributed by atoms with Crippen LogP contribution in [-0.4, -0.2) is 48.9 Å². The van der Waals surface area contributed by atoms with Gasteiger partial charge in [0, 0.05) is 25.7 Å². The van der Waals surface area contributed by atoms with Gasteiger partial charge in [0.05, 0.1) is 10.6 Å². The first-order valence-electron chi connectivity index (χ1n) is 6.59. The molecule has 0 aromatic carbocycles. The summed E-state index contributed by atoms with van der Waals surface area (Å²) >= 11 is 1.53. The molecule has 1 aromatic heterocycles. The van der Waals surface area contributed by atoms with E-state index in [1.54, 1.807) is 0 Å². The number of nitrogens with zero attached hydrogens (tertiary/aromatic N) is 3. The molecule has 18 heavy (non-hydrogen) atoms. The topological polar surface area (TPSA) is 36.4 Å². The van der Waals surface area contributed by atoms with Crippen molar-refractivity contribution in [1.29, 1.82) is 0 Å². The molecule has 0 aliphatic carbocycles. The normalized spacial score (nSPS) is 21.3. The predicted molar refractivity (Wildman–Crippen MR) is 75.8 cm³/mol. The van der Waals surface area contributed by atoms with Crippen molar-refractivity contribution in [3.8, 4) is 0 Å². The molecule has 2 rings (SSSR count). The van der Waals surface area contributed by atoms with Crippen molar-refractivity contribution < 1.29 is 4.79 Å². The predicted octanol–water partition coefficient (Wildman–Crippen LogP) is 2.05. The van der Waals surface area contributed by atoms with Crippen molar-refractivity contribution in [2.24, 2.45) is 0 Å². The van der Waals surface area contributed by atoms with Gasteiger partial charge in [0.2, 0.25) is 0 Å². The maximum absolute atomic E-state index is 11.0. The second kappa shape index (κ2) is 5.80. The number of aromatic nitrogens is 1. The second-order valence-corrected chi connectivity index (χ2v) is 5.78. The van der Waals surface area contributed by atoms with Gasteiger partial charge in [-0.05, 0) is 19.9 Å². The number of likely N-dealkylation sites (N-methyl/N-ethyl adjacent to an activating group) is 1. The van der Waals surface area contributed by atoms with Gasteiger partial charge in [-0.15, -0.1) is 0 Å². The van der Waals surface area contributed by atoms with E-state index in [0.29, 0.717) is 6.04 Å². The lowest BCUT2D eigenvalue weighted by Crippen LogP contribution is -2.51. The van der Waals surface area contributed by atoms with E-state index in [1.165, 1.54) is 11.3 Å². The van der Waals surface area contributed by atoms with E-state index in [9.17, 15) is 4.79 Å². The number of rotatable bonds is 4. The Balaban J connectivity index is 2.16. The monoisotopic (exact) mass is 267 g/mol. The number of carbonyl (C=O) groups excluding carboxylic acids is 1. The van der Waals surface area contributed by atoms with Crippen LogP contribution < -0.4 is 4.90 Å². The van der Waals surface area contributed by atoms with Crippen LogP contribution in [0.1, 0.15) is 35.6 Å². The number of anilines is 1. The first-order chi connectivity index (χ1) is 8.69. The molecule has 1 atom stereocenters. The maximum atomic E-state index is 11.0. The summed E-state index contributed by atoms with van der Waals surface area (Å²) in [6.07, 6.45) is 2.92. The summed E-state index contributed by atoms with van der Waals surface area (Å²) in [6.45, 7) is 7.35. The standard InChI is InChI=1S/C13H21N3OS/c1-4-10-8-16(7-6-15(10)3)13-14-11(5-2)12(9-17)18-13/h9-10H,4-8H2,1-3H3. The van der Waals surface area contributed by atoms with Gasteiger partial charge >= 0.3 is 0 Å². The molecule has 0 saturated carbocycles. The summed E-state index contributed by atoms with van der Waals surface area (Å²) in [7, 11) is 2.18. The molecular formula is C13H21N3OS.